The molecule has 2 heterocycles. The number of carbonyl (C=O) groups excluding carboxylic acids is 2. The number of nitrogens with one attached hydrogen (secondary N) is 1. The van der Waals surface area contributed by atoms with E-state index in [1.165, 1.54) is 34.4 Å². The molecule has 2 amide bonds. The highest BCUT2D eigenvalue weighted by Crippen LogP contribution is 2.23. The van der Waals surface area contributed by atoms with Crippen molar-refractivity contribution in [2.24, 2.45) is 0 Å². The number of carboxylic acid groups (broad SMARTS) is 1. The second-order valence-corrected chi connectivity index (χ2v) is 7.75. The van der Waals surface area contributed by atoms with Crippen LogP contribution in [0.2, 0.25) is 10.0 Å². The SMILES string of the molecule is O=C(Nc1nc(CC(=O)N2CCCC2C(=O)O)cs1)c1cc(Cl)cc(Cl)c1. The molecule has 1 fully saturated rings. The molecule has 27 heavy (non-hydrogen) atoms. The predicted molar refractivity (Wildman–Crippen MR) is 103 cm³/mol. The molecule has 1 aromatic heterocycles. The minimum Gasteiger partial charge on any atom is -0.480 e. The first-order valence-electron chi connectivity index (χ1n) is 8.07. The molecule has 7 nitrogen and oxygen atoms in total. The molecule has 1 aromatic carbocycles. The van der Waals surface area contributed by atoms with Crippen LogP contribution in [0, 0.1) is 0 Å². The lowest BCUT2D eigenvalue weighted by Gasteiger charge is -2.20. The number of halogens is 2. The molecule has 0 bridgehead atoms. The van der Waals surface area contributed by atoms with Gasteiger partial charge in [0, 0.05) is 27.5 Å². The Labute approximate surface area is 168 Å². The van der Waals surface area contributed by atoms with Crippen LogP contribution in [0.5, 0.6) is 0 Å². The highest BCUT2D eigenvalue weighted by Gasteiger charge is 2.33. The predicted octanol–water partition coefficient (Wildman–Crippen LogP) is 3.32. The molecule has 3 rings (SSSR count). The largest absolute Gasteiger partial charge is 0.480 e. The Hall–Kier alpha value is -2.16. The van der Waals surface area contributed by atoms with E-state index < -0.39 is 17.9 Å². The summed E-state index contributed by atoms with van der Waals surface area (Å²) in [6.07, 6.45) is 1.12. The summed E-state index contributed by atoms with van der Waals surface area (Å²) in [7, 11) is 0. The van der Waals surface area contributed by atoms with Gasteiger partial charge in [-0.1, -0.05) is 23.2 Å². The number of rotatable bonds is 5. The van der Waals surface area contributed by atoms with Crippen molar-refractivity contribution < 1.29 is 19.5 Å². The molecule has 0 spiro atoms. The number of amides is 2. The molecule has 2 aromatic rings. The number of likely N-dealkylation sites (tertiary alicyclic amines) is 1. The van der Waals surface area contributed by atoms with Crippen molar-refractivity contribution in [3.8, 4) is 0 Å². The molecule has 142 valence electrons. The van der Waals surface area contributed by atoms with Crippen molar-refractivity contribution in [2.45, 2.75) is 25.3 Å². The van der Waals surface area contributed by atoms with E-state index in [1.807, 2.05) is 0 Å². The average molecular weight is 428 g/mol. The number of nitrogens with zero attached hydrogens (tertiary/aromatic N) is 2. The van der Waals surface area contributed by atoms with Gasteiger partial charge in [0.2, 0.25) is 5.91 Å². The molecular weight excluding hydrogens is 413 g/mol. The first-order valence-corrected chi connectivity index (χ1v) is 9.71. The van der Waals surface area contributed by atoms with Gasteiger partial charge in [0.05, 0.1) is 12.1 Å². The summed E-state index contributed by atoms with van der Waals surface area (Å²) in [5.41, 5.74) is 0.766. The molecule has 0 saturated carbocycles. The van der Waals surface area contributed by atoms with Crippen molar-refractivity contribution in [1.82, 2.24) is 9.88 Å². The van der Waals surface area contributed by atoms with Crippen molar-refractivity contribution in [3.05, 3.63) is 44.9 Å². The van der Waals surface area contributed by atoms with E-state index >= 15 is 0 Å². The quantitative estimate of drug-likeness (QED) is 0.761. The minimum absolute atomic E-state index is 0.0147. The number of aromatic nitrogens is 1. The second-order valence-electron chi connectivity index (χ2n) is 6.02. The Morgan fingerprint density at radius 2 is 1.96 bits per heavy atom. The topological polar surface area (TPSA) is 99.6 Å². The maximum atomic E-state index is 12.4. The molecule has 0 radical (unpaired) electrons. The molecule has 1 aliphatic rings. The summed E-state index contributed by atoms with van der Waals surface area (Å²) in [5, 5.41) is 14.5. The second kappa shape index (κ2) is 8.24. The van der Waals surface area contributed by atoms with Gasteiger partial charge in [0.15, 0.2) is 5.13 Å². The Morgan fingerprint density at radius 3 is 2.63 bits per heavy atom. The monoisotopic (exact) mass is 427 g/mol. The van der Waals surface area contributed by atoms with Gasteiger partial charge in [-0.15, -0.1) is 11.3 Å². The van der Waals surface area contributed by atoms with Gasteiger partial charge >= 0.3 is 5.97 Å². The Morgan fingerprint density at radius 1 is 1.26 bits per heavy atom. The zero-order valence-corrected chi connectivity index (χ0v) is 16.3. The van der Waals surface area contributed by atoms with Crippen molar-refractivity contribution in [1.29, 1.82) is 0 Å². The number of aliphatic carboxylic acids is 1. The average Bonchev–Trinajstić information content (AvgIpc) is 3.23. The van der Waals surface area contributed by atoms with E-state index in [0.29, 0.717) is 45.8 Å². The van der Waals surface area contributed by atoms with Crippen LogP contribution in [0.3, 0.4) is 0 Å². The van der Waals surface area contributed by atoms with Gasteiger partial charge in [0.1, 0.15) is 6.04 Å². The Balaban J connectivity index is 1.63. The normalized spacial score (nSPS) is 16.4. The van der Waals surface area contributed by atoms with Crippen LogP contribution in [0.15, 0.2) is 23.6 Å². The highest BCUT2D eigenvalue weighted by atomic mass is 35.5. The zero-order chi connectivity index (χ0) is 19.6. The number of hydrogen-bond acceptors (Lipinski definition) is 5. The number of benzene rings is 1. The number of hydrogen-bond donors (Lipinski definition) is 2. The molecular formula is C17H15Cl2N3O4S. The van der Waals surface area contributed by atoms with Crippen molar-refractivity contribution in [2.75, 3.05) is 11.9 Å². The maximum absolute atomic E-state index is 12.4. The fraction of sp³-hybridized carbons (Fsp3) is 0.294. The third kappa shape index (κ3) is 4.77. The number of anilines is 1. The summed E-state index contributed by atoms with van der Waals surface area (Å²) in [6, 6.07) is 3.72. The van der Waals surface area contributed by atoms with Crippen LogP contribution in [0.1, 0.15) is 28.9 Å². The molecule has 1 saturated heterocycles. The van der Waals surface area contributed by atoms with Gasteiger partial charge in [-0.3, -0.25) is 14.9 Å². The molecule has 1 atom stereocenters. The maximum Gasteiger partial charge on any atom is 0.326 e. The number of thiazole rings is 1. The van der Waals surface area contributed by atoms with Gasteiger partial charge in [-0.25, -0.2) is 9.78 Å². The lowest BCUT2D eigenvalue weighted by molar-refractivity contribution is -0.148. The minimum atomic E-state index is -0.993. The van der Waals surface area contributed by atoms with E-state index in [-0.39, 0.29) is 12.3 Å². The Bertz CT molecular complexity index is 882. The fourth-order valence-corrected chi connectivity index (χ4v) is 4.11. The van der Waals surface area contributed by atoms with Crippen molar-refractivity contribution in [3.63, 3.8) is 0 Å². The van der Waals surface area contributed by atoms with Gasteiger partial charge < -0.3 is 10.0 Å². The molecule has 1 aliphatic heterocycles. The highest BCUT2D eigenvalue weighted by molar-refractivity contribution is 7.14. The van der Waals surface area contributed by atoms with E-state index in [4.69, 9.17) is 23.2 Å². The summed E-state index contributed by atoms with van der Waals surface area (Å²) in [5.74, 6) is -1.70. The summed E-state index contributed by atoms with van der Waals surface area (Å²) in [6.45, 7) is 0.430. The lowest BCUT2D eigenvalue weighted by Crippen LogP contribution is -2.41. The van der Waals surface area contributed by atoms with Crippen LogP contribution < -0.4 is 5.32 Å². The molecule has 0 aliphatic carbocycles. The van der Waals surface area contributed by atoms with E-state index in [9.17, 15) is 19.5 Å². The van der Waals surface area contributed by atoms with Crippen LogP contribution in [0.25, 0.3) is 0 Å². The molecule has 1 unspecified atom stereocenters. The summed E-state index contributed by atoms with van der Waals surface area (Å²) >= 11 is 13.0. The summed E-state index contributed by atoms with van der Waals surface area (Å²) < 4.78 is 0. The number of carbonyl (C=O) groups is 3. The van der Waals surface area contributed by atoms with Gasteiger partial charge in [-0.2, -0.15) is 0 Å². The zero-order valence-electron chi connectivity index (χ0n) is 13.9. The van der Waals surface area contributed by atoms with Crippen LogP contribution in [-0.2, 0) is 16.0 Å². The smallest absolute Gasteiger partial charge is 0.326 e. The van der Waals surface area contributed by atoms with Crippen LogP contribution >= 0.6 is 34.5 Å². The van der Waals surface area contributed by atoms with Crippen LogP contribution in [-0.4, -0.2) is 45.4 Å². The van der Waals surface area contributed by atoms with Crippen molar-refractivity contribution >= 4 is 57.5 Å². The third-order valence-electron chi connectivity index (χ3n) is 4.09. The fourth-order valence-electron chi connectivity index (χ4n) is 2.88. The first kappa shape index (κ1) is 19.6. The van der Waals surface area contributed by atoms with E-state index in [1.54, 1.807) is 5.38 Å². The first-order chi connectivity index (χ1) is 12.8. The third-order valence-corrected chi connectivity index (χ3v) is 5.33. The van der Waals surface area contributed by atoms with E-state index in [2.05, 4.69) is 10.3 Å². The number of carboxylic acids is 1. The standard InChI is InChI=1S/C17H15Cl2N3O4S/c18-10-4-9(5-11(19)6-10)15(24)21-17-20-12(8-27-17)7-14(23)22-3-1-2-13(22)16(25)26/h4-6,8,13H,1-3,7H2,(H,25,26)(H,20,21,24). The Kier molecular flexibility index (Phi) is 5.98. The van der Waals surface area contributed by atoms with E-state index in [0.717, 1.165) is 0 Å². The lowest BCUT2D eigenvalue weighted by atomic mass is 10.2. The van der Waals surface area contributed by atoms with Gasteiger partial charge in [0.25, 0.3) is 5.91 Å². The molecule has 10 heteroatoms. The summed E-state index contributed by atoms with van der Waals surface area (Å²) in [4.78, 5) is 41.4. The van der Waals surface area contributed by atoms with Gasteiger partial charge in [-0.05, 0) is 31.0 Å². The van der Waals surface area contributed by atoms with Crippen LogP contribution in [0.4, 0.5) is 5.13 Å². The molecule has 2 N–H and O–H groups in total.